The van der Waals surface area contributed by atoms with Crippen molar-refractivity contribution >= 4 is 35.4 Å². The maximum absolute atomic E-state index is 12.6. The van der Waals surface area contributed by atoms with E-state index < -0.39 is 18.2 Å². The highest BCUT2D eigenvalue weighted by atomic mass is 35.5. The molecule has 1 aromatic heterocycles. The molecule has 1 aliphatic heterocycles. The Kier molecular flexibility index (Phi) is 6.99. The molecule has 176 valence electrons. The molecule has 1 unspecified atom stereocenters. The number of carbonyl (C=O) groups is 2. The van der Waals surface area contributed by atoms with Crippen LogP contribution in [0.4, 0.5) is 16.6 Å². The van der Waals surface area contributed by atoms with E-state index in [4.69, 9.17) is 16.3 Å². The Balaban J connectivity index is 1.45. The molecule has 9 nitrogen and oxygen atoms in total. The summed E-state index contributed by atoms with van der Waals surface area (Å²) < 4.78 is 5.07. The van der Waals surface area contributed by atoms with Crippen molar-refractivity contribution in [3.05, 3.63) is 46.6 Å². The Morgan fingerprint density at radius 1 is 1.27 bits per heavy atom. The van der Waals surface area contributed by atoms with Crippen molar-refractivity contribution in [2.24, 2.45) is 0 Å². The SMILES string of the molecule is C[C@H](Nc1nccc(N2C(=O)OCC2[C@@H](C)O)n1)c1ccc(C(=O)NC2CCCC2)c(Cl)c1. The van der Waals surface area contributed by atoms with E-state index in [0.29, 0.717) is 22.4 Å². The zero-order valence-electron chi connectivity index (χ0n) is 18.6. The number of hydrogen-bond acceptors (Lipinski definition) is 7. The number of rotatable bonds is 7. The van der Waals surface area contributed by atoms with Gasteiger partial charge in [-0.25, -0.2) is 9.78 Å². The third-order valence-electron chi connectivity index (χ3n) is 6.12. The smallest absolute Gasteiger partial charge is 0.416 e. The van der Waals surface area contributed by atoms with Crippen LogP contribution in [0.25, 0.3) is 0 Å². The summed E-state index contributed by atoms with van der Waals surface area (Å²) >= 11 is 6.43. The first-order valence-corrected chi connectivity index (χ1v) is 11.5. The van der Waals surface area contributed by atoms with E-state index in [9.17, 15) is 14.7 Å². The van der Waals surface area contributed by atoms with Crippen molar-refractivity contribution in [2.45, 2.75) is 63.8 Å². The van der Waals surface area contributed by atoms with Crippen molar-refractivity contribution in [1.29, 1.82) is 0 Å². The third-order valence-corrected chi connectivity index (χ3v) is 6.44. The van der Waals surface area contributed by atoms with Gasteiger partial charge in [-0.1, -0.05) is 30.5 Å². The quantitative estimate of drug-likeness (QED) is 0.561. The minimum Gasteiger partial charge on any atom is -0.447 e. The number of cyclic esters (lactones) is 1. The second-order valence-electron chi connectivity index (χ2n) is 8.55. The van der Waals surface area contributed by atoms with Gasteiger partial charge in [-0.15, -0.1) is 0 Å². The number of aliphatic hydroxyl groups is 1. The van der Waals surface area contributed by atoms with Crippen LogP contribution in [0.1, 0.15) is 61.5 Å². The number of hydrogen-bond donors (Lipinski definition) is 3. The predicted octanol–water partition coefficient (Wildman–Crippen LogP) is 3.68. The van der Waals surface area contributed by atoms with Crippen LogP contribution in [0.3, 0.4) is 0 Å². The summed E-state index contributed by atoms with van der Waals surface area (Å²) in [6.07, 6.45) is 4.50. The molecule has 1 aromatic carbocycles. The van der Waals surface area contributed by atoms with E-state index >= 15 is 0 Å². The lowest BCUT2D eigenvalue weighted by Crippen LogP contribution is -2.41. The Bertz CT molecular complexity index is 1030. The van der Waals surface area contributed by atoms with E-state index in [1.54, 1.807) is 25.1 Å². The van der Waals surface area contributed by atoms with Gasteiger partial charge in [0.2, 0.25) is 5.95 Å². The molecule has 2 aromatic rings. The predicted molar refractivity (Wildman–Crippen MR) is 125 cm³/mol. The van der Waals surface area contributed by atoms with Crippen molar-refractivity contribution in [1.82, 2.24) is 15.3 Å². The van der Waals surface area contributed by atoms with Crippen LogP contribution in [0.15, 0.2) is 30.5 Å². The Hall–Kier alpha value is -2.91. The molecule has 0 spiro atoms. The Labute approximate surface area is 197 Å². The van der Waals surface area contributed by atoms with Crippen LogP contribution in [0, 0.1) is 0 Å². The zero-order valence-corrected chi connectivity index (χ0v) is 19.4. The second-order valence-corrected chi connectivity index (χ2v) is 8.96. The minimum atomic E-state index is -0.770. The number of anilines is 2. The van der Waals surface area contributed by atoms with E-state index in [1.165, 1.54) is 11.1 Å². The molecule has 0 radical (unpaired) electrons. The van der Waals surface area contributed by atoms with Gasteiger partial charge in [-0.2, -0.15) is 4.98 Å². The van der Waals surface area contributed by atoms with Gasteiger partial charge < -0.3 is 20.5 Å². The van der Waals surface area contributed by atoms with E-state index in [-0.39, 0.29) is 24.6 Å². The number of nitrogens with zero attached hydrogens (tertiary/aromatic N) is 3. The van der Waals surface area contributed by atoms with Gasteiger partial charge >= 0.3 is 6.09 Å². The highest BCUT2D eigenvalue weighted by Gasteiger charge is 2.38. The molecular weight excluding hydrogens is 446 g/mol. The normalized spacial score (nSPS) is 20.4. The summed E-state index contributed by atoms with van der Waals surface area (Å²) in [6.45, 7) is 3.62. The average molecular weight is 474 g/mol. The van der Waals surface area contributed by atoms with Gasteiger partial charge in [0.1, 0.15) is 18.5 Å². The Morgan fingerprint density at radius 2 is 2.03 bits per heavy atom. The molecule has 0 bridgehead atoms. The molecule has 3 N–H and O–H groups in total. The van der Waals surface area contributed by atoms with Crippen molar-refractivity contribution < 1.29 is 19.4 Å². The van der Waals surface area contributed by atoms with Crippen LogP contribution in [-0.4, -0.2) is 51.9 Å². The molecule has 3 atom stereocenters. The molecule has 1 saturated carbocycles. The first-order chi connectivity index (χ1) is 15.8. The monoisotopic (exact) mass is 473 g/mol. The summed E-state index contributed by atoms with van der Waals surface area (Å²) in [4.78, 5) is 34.7. The number of aliphatic hydroxyl groups excluding tert-OH is 1. The van der Waals surface area contributed by atoms with Gasteiger partial charge in [-0.05, 0) is 50.5 Å². The lowest BCUT2D eigenvalue weighted by Gasteiger charge is -2.23. The molecular formula is C23H28ClN5O4. The second kappa shape index (κ2) is 9.93. The van der Waals surface area contributed by atoms with Gasteiger partial charge in [0.15, 0.2) is 0 Å². The molecule has 10 heteroatoms. The average Bonchev–Trinajstić information content (AvgIpc) is 3.43. The summed E-state index contributed by atoms with van der Waals surface area (Å²) in [6, 6.07) is 6.41. The van der Waals surface area contributed by atoms with Crippen molar-refractivity contribution in [2.75, 3.05) is 16.8 Å². The summed E-state index contributed by atoms with van der Waals surface area (Å²) in [7, 11) is 0. The first-order valence-electron chi connectivity index (χ1n) is 11.2. The highest BCUT2D eigenvalue weighted by Crippen LogP contribution is 2.27. The van der Waals surface area contributed by atoms with E-state index in [1.807, 2.05) is 13.0 Å². The fourth-order valence-corrected chi connectivity index (χ4v) is 4.48. The van der Waals surface area contributed by atoms with Crippen LogP contribution >= 0.6 is 11.6 Å². The largest absolute Gasteiger partial charge is 0.447 e. The van der Waals surface area contributed by atoms with Gasteiger partial charge in [0.05, 0.1) is 22.7 Å². The lowest BCUT2D eigenvalue weighted by atomic mass is 10.1. The fourth-order valence-electron chi connectivity index (χ4n) is 4.20. The van der Waals surface area contributed by atoms with Crippen LogP contribution in [0.5, 0.6) is 0 Å². The first kappa shape index (κ1) is 23.3. The van der Waals surface area contributed by atoms with Crippen molar-refractivity contribution in [3.63, 3.8) is 0 Å². The number of ether oxygens (including phenoxy) is 1. The zero-order chi connectivity index (χ0) is 23.5. The third kappa shape index (κ3) is 5.20. The molecule has 1 aliphatic carbocycles. The molecule has 2 aliphatic rings. The topological polar surface area (TPSA) is 117 Å². The molecule has 2 amide bonds. The number of benzene rings is 1. The molecule has 33 heavy (non-hydrogen) atoms. The summed E-state index contributed by atoms with van der Waals surface area (Å²) in [5, 5.41) is 16.6. The number of aromatic nitrogens is 2. The Morgan fingerprint density at radius 3 is 2.73 bits per heavy atom. The minimum absolute atomic E-state index is 0.0961. The number of amides is 2. The van der Waals surface area contributed by atoms with E-state index in [2.05, 4.69) is 20.6 Å². The molecule has 2 fully saturated rings. The molecule has 1 saturated heterocycles. The van der Waals surface area contributed by atoms with Gasteiger partial charge in [0, 0.05) is 12.2 Å². The standard InChI is InChI=1S/C23H28ClN5O4/c1-13(15-7-8-17(18(24)11-15)21(31)27-16-5-3-4-6-16)26-22-25-10-9-20(28-22)29-19(14(2)30)12-33-23(29)32/h7-11,13-14,16,19,30H,3-6,12H2,1-2H3,(H,27,31)(H,25,26,28)/t13-,14+,19?/m0/s1. The highest BCUT2D eigenvalue weighted by molar-refractivity contribution is 6.33. The number of carbonyl (C=O) groups excluding carboxylic acids is 2. The van der Waals surface area contributed by atoms with Crippen molar-refractivity contribution in [3.8, 4) is 0 Å². The summed E-state index contributed by atoms with van der Waals surface area (Å²) in [5.41, 5.74) is 1.31. The number of nitrogens with one attached hydrogen (secondary N) is 2. The summed E-state index contributed by atoms with van der Waals surface area (Å²) in [5.74, 6) is 0.494. The maximum Gasteiger partial charge on any atom is 0.416 e. The van der Waals surface area contributed by atoms with Crippen LogP contribution in [-0.2, 0) is 4.74 Å². The van der Waals surface area contributed by atoms with Crippen LogP contribution in [0.2, 0.25) is 5.02 Å². The van der Waals surface area contributed by atoms with Crippen LogP contribution < -0.4 is 15.5 Å². The molecule has 4 rings (SSSR count). The van der Waals surface area contributed by atoms with Gasteiger partial charge in [-0.3, -0.25) is 9.69 Å². The lowest BCUT2D eigenvalue weighted by molar-refractivity contribution is 0.0938. The number of halogens is 1. The maximum atomic E-state index is 12.6. The fraction of sp³-hybridized carbons (Fsp3) is 0.478. The van der Waals surface area contributed by atoms with Gasteiger partial charge in [0.25, 0.3) is 5.91 Å². The van der Waals surface area contributed by atoms with E-state index in [0.717, 1.165) is 31.2 Å². The molecule has 2 heterocycles.